The predicted octanol–water partition coefficient (Wildman–Crippen LogP) is 2.48. The van der Waals surface area contributed by atoms with Crippen LogP contribution in [-0.4, -0.2) is 53.3 Å². The summed E-state index contributed by atoms with van der Waals surface area (Å²) in [5.41, 5.74) is 2.40. The lowest BCUT2D eigenvalue weighted by Crippen LogP contribution is -2.43. The normalized spacial score (nSPS) is 18.6. The lowest BCUT2D eigenvalue weighted by atomic mass is 10.00. The molecule has 0 bridgehead atoms. The second-order valence-corrected chi connectivity index (χ2v) is 8.02. The van der Waals surface area contributed by atoms with E-state index < -0.39 is 12.0 Å². The second kappa shape index (κ2) is 8.14. The summed E-state index contributed by atoms with van der Waals surface area (Å²) in [5.74, 6) is -0.835. The van der Waals surface area contributed by atoms with Crippen molar-refractivity contribution in [1.82, 2.24) is 9.80 Å². The van der Waals surface area contributed by atoms with E-state index in [0.717, 1.165) is 18.4 Å². The molecule has 0 radical (unpaired) electrons. The number of ether oxygens (including phenoxy) is 1. The van der Waals surface area contributed by atoms with Crippen molar-refractivity contribution in [3.8, 4) is 0 Å². The number of benzene rings is 1. The van der Waals surface area contributed by atoms with Crippen LogP contribution in [0, 0.1) is 0 Å². The molecule has 1 aromatic heterocycles. The van der Waals surface area contributed by atoms with E-state index in [0.29, 0.717) is 30.9 Å². The SMILES string of the molecule is O=C(OCC(=O)N1CCc2ccccc2C1)[C@@H]1CCCN1C(=O)c1cccs1. The second-order valence-electron chi connectivity index (χ2n) is 7.08. The van der Waals surface area contributed by atoms with Crippen molar-refractivity contribution in [2.75, 3.05) is 19.7 Å². The zero-order chi connectivity index (χ0) is 19.5. The lowest BCUT2D eigenvalue weighted by molar-refractivity contribution is -0.155. The highest BCUT2D eigenvalue weighted by Crippen LogP contribution is 2.23. The molecule has 0 spiro atoms. The summed E-state index contributed by atoms with van der Waals surface area (Å²) in [6.07, 6.45) is 2.14. The predicted molar refractivity (Wildman–Crippen MR) is 105 cm³/mol. The van der Waals surface area contributed by atoms with Crippen LogP contribution in [-0.2, 0) is 27.3 Å². The number of nitrogens with zero attached hydrogens (tertiary/aromatic N) is 2. The van der Waals surface area contributed by atoms with Gasteiger partial charge in [0.2, 0.25) is 0 Å². The summed E-state index contributed by atoms with van der Waals surface area (Å²) in [7, 11) is 0. The van der Waals surface area contributed by atoms with Gasteiger partial charge in [0.1, 0.15) is 6.04 Å². The molecule has 1 saturated heterocycles. The zero-order valence-corrected chi connectivity index (χ0v) is 16.3. The summed E-state index contributed by atoms with van der Waals surface area (Å²) in [4.78, 5) is 41.5. The number of likely N-dealkylation sites (tertiary alicyclic amines) is 1. The first-order valence-corrected chi connectivity index (χ1v) is 10.4. The molecule has 146 valence electrons. The number of esters is 1. The molecule has 7 heteroatoms. The number of hydrogen-bond donors (Lipinski definition) is 0. The molecule has 3 heterocycles. The first-order valence-electron chi connectivity index (χ1n) is 9.49. The molecule has 0 aliphatic carbocycles. The average molecular weight is 398 g/mol. The fraction of sp³-hybridized carbons (Fsp3) is 0.381. The van der Waals surface area contributed by atoms with Crippen LogP contribution in [0.25, 0.3) is 0 Å². The molecule has 2 aliphatic rings. The third-order valence-electron chi connectivity index (χ3n) is 5.34. The number of carbonyl (C=O) groups excluding carboxylic acids is 3. The van der Waals surface area contributed by atoms with E-state index in [2.05, 4.69) is 6.07 Å². The van der Waals surface area contributed by atoms with Gasteiger partial charge in [0.15, 0.2) is 6.61 Å². The highest BCUT2D eigenvalue weighted by molar-refractivity contribution is 7.12. The Morgan fingerprint density at radius 2 is 1.89 bits per heavy atom. The minimum absolute atomic E-state index is 0.145. The van der Waals surface area contributed by atoms with Gasteiger partial charge in [-0.25, -0.2) is 4.79 Å². The average Bonchev–Trinajstić information content (AvgIpc) is 3.43. The third kappa shape index (κ3) is 3.80. The van der Waals surface area contributed by atoms with Gasteiger partial charge in [-0.2, -0.15) is 0 Å². The Balaban J connectivity index is 1.32. The summed E-state index contributed by atoms with van der Waals surface area (Å²) in [5, 5.41) is 1.84. The minimum Gasteiger partial charge on any atom is -0.454 e. The van der Waals surface area contributed by atoms with Gasteiger partial charge in [-0.3, -0.25) is 9.59 Å². The van der Waals surface area contributed by atoms with Crippen molar-refractivity contribution < 1.29 is 19.1 Å². The lowest BCUT2D eigenvalue weighted by Gasteiger charge is -2.29. The molecule has 2 aliphatic heterocycles. The molecular formula is C21H22N2O4S. The fourth-order valence-corrected chi connectivity index (χ4v) is 4.50. The van der Waals surface area contributed by atoms with Gasteiger partial charge in [-0.15, -0.1) is 11.3 Å². The molecule has 0 unspecified atom stereocenters. The van der Waals surface area contributed by atoms with E-state index in [1.807, 2.05) is 29.6 Å². The molecule has 1 fully saturated rings. The molecule has 28 heavy (non-hydrogen) atoms. The van der Waals surface area contributed by atoms with Gasteiger partial charge < -0.3 is 14.5 Å². The maximum atomic E-state index is 12.6. The Morgan fingerprint density at radius 3 is 2.68 bits per heavy atom. The topological polar surface area (TPSA) is 66.9 Å². The Bertz CT molecular complexity index is 880. The molecule has 0 saturated carbocycles. The van der Waals surface area contributed by atoms with Crippen LogP contribution in [0.5, 0.6) is 0 Å². The van der Waals surface area contributed by atoms with E-state index in [4.69, 9.17) is 4.74 Å². The summed E-state index contributed by atoms with van der Waals surface area (Å²) < 4.78 is 5.31. The minimum atomic E-state index is -0.607. The van der Waals surface area contributed by atoms with Crippen molar-refractivity contribution in [1.29, 1.82) is 0 Å². The third-order valence-corrected chi connectivity index (χ3v) is 6.20. The first kappa shape index (κ1) is 18.7. The van der Waals surface area contributed by atoms with Crippen LogP contribution < -0.4 is 0 Å². The standard InChI is InChI=1S/C21H22N2O4S/c24-19(22-11-9-15-5-1-2-6-16(15)13-22)14-27-21(26)17-7-3-10-23(17)20(25)18-8-4-12-28-18/h1-2,4-6,8,12,17H,3,7,9-11,13-14H2/t17-/m0/s1. The summed E-state index contributed by atoms with van der Waals surface area (Å²) in [6, 6.07) is 11.0. The smallest absolute Gasteiger partial charge is 0.329 e. The van der Waals surface area contributed by atoms with E-state index in [1.165, 1.54) is 16.9 Å². The van der Waals surface area contributed by atoms with Gasteiger partial charge in [0.25, 0.3) is 11.8 Å². The monoisotopic (exact) mass is 398 g/mol. The molecule has 1 aromatic carbocycles. The Labute approximate surface area is 167 Å². The number of amides is 2. The maximum Gasteiger partial charge on any atom is 0.329 e. The molecule has 0 N–H and O–H groups in total. The van der Waals surface area contributed by atoms with E-state index in [-0.39, 0.29) is 18.4 Å². The highest BCUT2D eigenvalue weighted by Gasteiger charge is 2.36. The molecular weight excluding hydrogens is 376 g/mol. The van der Waals surface area contributed by atoms with Crippen LogP contribution >= 0.6 is 11.3 Å². The van der Waals surface area contributed by atoms with Crippen LogP contribution in [0.3, 0.4) is 0 Å². The largest absolute Gasteiger partial charge is 0.454 e. The summed E-state index contributed by atoms with van der Waals surface area (Å²) in [6.45, 7) is 1.42. The highest BCUT2D eigenvalue weighted by atomic mass is 32.1. The zero-order valence-electron chi connectivity index (χ0n) is 15.5. The molecule has 4 rings (SSSR count). The molecule has 2 aromatic rings. The fourth-order valence-electron chi connectivity index (χ4n) is 3.83. The number of hydrogen-bond acceptors (Lipinski definition) is 5. The van der Waals surface area contributed by atoms with Gasteiger partial charge >= 0.3 is 5.97 Å². The first-order chi connectivity index (χ1) is 13.6. The Hall–Kier alpha value is -2.67. The van der Waals surface area contributed by atoms with Crippen LogP contribution in [0.1, 0.15) is 33.6 Å². The van der Waals surface area contributed by atoms with E-state index >= 15 is 0 Å². The van der Waals surface area contributed by atoms with Crippen LogP contribution in [0.15, 0.2) is 41.8 Å². The van der Waals surface area contributed by atoms with Gasteiger partial charge in [-0.1, -0.05) is 30.3 Å². The number of rotatable bonds is 4. The van der Waals surface area contributed by atoms with Crippen LogP contribution in [0.4, 0.5) is 0 Å². The number of carbonyl (C=O) groups is 3. The van der Waals surface area contributed by atoms with E-state index in [9.17, 15) is 14.4 Å². The molecule has 2 amide bonds. The molecule has 6 nitrogen and oxygen atoms in total. The van der Waals surface area contributed by atoms with Gasteiger partial charge in [0, 0.05) is 19.6 Å². The van der Waals surface area contributed by atoms with Crippen LogP contribution in [0.2, 0.25) is 0 Å². The molecule has 1 atom stereocenters. The quantitative estimate of drug-likeness (QED) is 0.742. The van der Waals surface area contributed by atoms with E-state index in [1.54, 1.807) is 15.9 Å². The van der Waals surface area contributed by atoms with Crippen molar-refractivity contribution in [2.45, 2.75) is 31.8 Å². The van der Waals surface area contributed by atoms with Gasteiger partial charge in [0.05, 0.1) is 4.88 Å². The van der Waals surface area contributed by atoms with Gasteiger partial charge in [-0.05, 0) is 41.8 Å². The Kier molecular flexibility index (Phi) is 5.43. The maximum absolute atomic E-state index is 12.6. The summed E-state index contributed by atoms with van der Waals surface area (Å²) >= 11 is 1.36. The van der Waals surface area contributed by atoms with Crippen molar-refractivity contribution in [2.24, 2.45) is 0 Å². The van der Waals surface area contributed by atoms with Crippen molar-refractivity contribution in [3.63, 3.8) is 0 Å². The van der Waals surface area contributed by atoms with Crippen molar-refractivity contribution >= 4 is 29.1 Å². The number of fused-ring (bicyclic) bond motifs is 1. The van der Waals surface area contributed by atoms with Crippen molar-refractivity contribution in [3.05, 3.63) is 57.8 Å². The number of thiophene rings is 1. The Morgan fingerprint density at radius 1 is 1.07 bits per heavy atom.